The van der Waals surface area contributed by atoms with Crippen LogP contribution < -0.4 is 0 Å². The second-order valence-corrected chi connectivity index (χ2v) is 6.80. The van der Waals surface area contributed by atoms with Gasteiger partial charge in [0, 0.05) is 29.8 Å². The first kappa shape index (κ1) is 15.9. The van der Waals surface area contributed by atoms with Crippen molar-refractivity contribution >= 4 is 28.0 Å². The van der Waals surface area contributed by atoms with Gasteiger partial charge in [0.1, 0.15) is 11.3 Å². The first-order valence-corrected chi connectivity index (χ1v) is 8.61. The summed E-state index contributed by atoms with van der Waals surface area (Å²) in [6.07, 6.45) is 3.33. The van der Waals surface area contributed by atoms with Crippen LogP contribution in [0, 0.1) is 5.92 Å². The Kier molecular flexibility index (Phi) is 3.15. The number of aromatic hydroxyl groups is 1. The molecule has 1 aromatic heterocycles. The van der Waals surface area contributed by atoms with Crippen LogP contribution in [-0.4, -0.2) is 34.4 Å². The minimum absolute atomic E-state index is 0.0728. The molecule has 5 nitrogen and oxygen atoms in total. The van der Waals surface area contributed by atoms with E-state index in [1.807, 2.05) is 6.07 Å². The maximum Gasteiger partial charge on any atom is 0.200 e. The van der Waals surface area contributed by atoms with Gasteiger partial charge in [-0.3, -0.25) is 14.6 Å². The monoisotopic (exact) mass is 357 g/mol. The minimum atomic E-state index is -1.27. The molecule has 0 saturated carbocycles. The fourth-order valence-electron chi connectivity index (χ4n) is 4.24. The van der Waals surface area contributed by atoms with E-state index in [1.54, 1.807) is 54.7 Å². The Morgan fingerprint density at radius 3 is 2.56 bits per heavy atom. The number of pyridine rings is 1. The quantitative estimate of drug-likeness (QED) is 0.760. The van der Waals surface area contributed by atoms with Crippen molar-refractivity contribution < 1.29 is 19.4 Å². The summed E-state index contributed by atoms with van der Waals surface area (Å²) in [5.41, 5.74) is 1.51. The van der Waals surface area contributed by atoms with Crippen LogP contribution >= 0.6 is 0 Å². The predicted octanol–water partition coefficient (Wildman–Crippen LogP) is 3.42. The van der Waals surface area contributed by atoms with Gasteiger partial charge in [-0.1, -0.05) is 36.4 Å². The molecule has 0 radical (unpaired) electrons. The van der Waals surface area contributed by atoms with Gasteiger partial charge >= 0.3 is 0 Å². The Morgan fingerprint density at radius 1 is 1.00 bits per heavy atom. The number of carbonyl (C=O) groups is 2. The zero-order valence-electron chi connectivity index (χ0n) is 14.5. The van der Waals surface area contributed by atoms with Crippen molar-refractivity contribution in [1.29, 1.82) is 0 Å². The summed E-state index contributed by atoms with van der Waals surface area (Å²) >= 11 is 0. The van der Waals surface area contributed by atoms with E-state index in [2.05, 4.69) is 4.98 Å². The van der Waals surface area contributed by atoms with Crippen LogP contribution in [0.2, 0.25) is 0 Å². The highest BCUT2D eigenvalue weighted by molar-refractivity contribution is 6.27. The van der Waals surface area contributed by atoms with Gasteiger partial charge in [-0.15, -0.1) is 0 Å². The zero-order chi connectivity index (χ0) is 18.8. The predicted molar refractivity (Wildman–Crippen MR) is 99.7 cm³/mol. The van der Waals surface area contributed by atoms with Gasteiger partial charge in [0.25, 0.3) is 0 Å². The lowest BCUT2D eigenvalue weighted by atomic mass is 9.58. The van der Waals surface area contributed by atoms with Crippen LogP contribution in [0.3, 0.4) is 0 Å². The van der Waals surface area contributed by atoms with Gasteiger partial charge in [-0.2, -0.15) is 0 Å². The molecular weight excluding hydrogens is 342 g/mol. The maximum atomic E-state index is 13.2. The van der Waals surface area contributed by atoms with Crippen LogP contribution in [0.15, 0.2) is 60.8 Å². The summed E-state index contributed by atoms with van der Waals surface area (Å²) < 4.78 is 5.59. The second kappa shape index (κ2) is 5.34. The molecule has 0 saturated heterocycles. The molecule has 1 N–H and O–H groups in total. The molecule has 132 valence electrons. The van der Waals surface area contributed by atoms with E-state index in [-0.39, 0.29) is 17.3 Å². The number of ether oxygens (including phenoxy) is 1. The summed E-state index contributed by atoms with van der Waals surface area (Å²) in [6.45, 7) is 0. The van der Waals surface area contributed by atoms with Crippen LogP contribution in [0.25, 0.3) is 16.5 Å². The molecule has 5 heteroatoms. The number of phenolic OH excluding ortho intramolecular Hbond substituents is 1. The number of benzene rings is 2. The lowest BCUT2D eigenvalue weighted by Gasteiger charge is -2.47. The topological polar surface area (TPSA) is 76.5 Å². The number of carbonyl (C=O) groups excluding carboxylic acids is 2. The van der Waals surface area contributed by atoms with E-state index < -0.39 is 11.5 Å². The van der Waals surface area contributed by atoms with E-state index >= 15 is 0 Å². The molecule has 2 aromatic carbocycles. The Hall–Kier alpha value is -3.31. The molecule has 1 heterocycles. The van der Waals surface area contributed by atoms with Crippen molar-refractivity contribution in [2.45, 2.75) is 5.60 Å². The van der Waals surface area contributed by atoms with Gasteiger partial charge < -0.3 is 9.84 Å². The lowest BCUT2D eigenvalue weighted by Crippen LogP contribution is -2.58. The third-order valence-electron chi connectivity index (χ3n) is 5.56. The number of ketones is 2. The third-order valence-corrected chi connectivity index (χ3v) is 5.56. The summed E-state index contributed by atoms with van der Waals surface area (Å²) in [4.78, 5) is 30.6. The SMILES string of the molecule is COC12C=C(c3ccc(O)c4ncccc34)C1C(=O)c1ccccc1C2=O. The average molecular weight is 357 g/mol. The van der Waals surface area contributed by atoms with Crippen molar-refractivity contribution in [2.75, 3.05) is 7.11 Å². The Balaban J connectivity index is 1.75. The van der Waals surface area contributed by atoms with Crippen molar-refractivity contribution in [2.24, 2.45) is 5.92 Å². The maximum absolute atomic E-state index is 13.2. The highest BCUT2D eigenvalue weighted by Gasteiger charge is 2.60. The summed E-state index contributed by atoms with van der Waals surface area (Å²) in [7, 11) is 1.45. The standard InChI is InChI=1S/C22H15NO4/c1-27-22-11-16(12-8-9-17(24)19-13(12)7-4-10-23-19)18(22)20(25)14-5-2-3-6-15(14)21(22)26/h2-11,18,24H,1H3. The first-order chi connectivity index (χ1) is 13.1. The fraction of sp³-hybridized carbons (Fsp3) is 0.136. The van der Waals surface area contributed by atoms with Gasteiger partial charge in [0.15, 0.2) is 17.2 Å². The molecule has 2 aliphatic carbocycles. The average Bonchev–Trinajstić information content (AvgIpc) is 2.68. The van der Waals surface area contributed by atoms with E-state index in [0.29, 0.717) is 16.6 Å². The molecule has 2 atom stereocenters. The summed E-state index contributed by atoms with van der Waals surface area (Å²) in [5, 5.41) is 10.8. The first-order valence-electron chi connectivity index (χ1n) is 8.61. The van der Waals surface area contributed by atoms with E-state index in [4.69, 9.17) is 4.74 Å². The van der Waals surface area contributed by atoms with Crippen molar-refractivity contribution in [1.82, 2.24) is 4.98 Å². The number of nitrogens with zero attached hydrogens (tertiary/aromatic N) is 1. The largest absolute Gasteiger partial charge is 0.506 e. The van der Waals surface area contributed by atoms with E-state index in [9.17, 15) is 14.7 Å². The summed E-state index contributed by atoms with van der Waals surface area (Å²) in [5.74, 6) is -0.966. The third kappa shape index (κ3) is 1.89. The van der Waals surface area contributed by atoms with Crippen LogP contribution in [0.5, 0.6) is 5.75 Å². The normalized spacial score (nSPS) is 23.4. The zero-order valence-corrected chi connectivity index (χ0v) is 14.5. The number of Topliss-reactive ketones (excluding diaryl/α,β-unsaturated/α-hetero) is 2. The fourth-order valence-corrected chi connectivity index (χ4v) is 4.24. The van der Waals surface area contributed by atoms with Gasteiger partial charge in [-0.05, 0) is 29.3 Å². The molecule has 2 unspecified atom stereocenters. The summed E-state index contributed by atoms with van der Waals surface area (Å²) in [6, 6.07) is 13.8. The Morgan fingerprint density at radius 2 is 1.78 bits per heavy atom. The number of hydrogen-bond acceptors (Lipinski definition) is 5. The second-order valence-electron chi connectivity index (χ2n) is 6.80. The van der Waals surface area contributed by atoms with Crippen molar-refractivity contribution in [3.63, 3.8) is 0 Å². The smallest absolute Gasteiger partial charge is 0.200 e. The number of hydrogen-bond donors (Lipinski definition) is 1. The molecule has 0 amide bonds. The van der Waals surface area contributed by atoms with Crippen molar-refractivity contribution in [3.8, 4) is 5.75 Å². The highest BCUT2D eigenvalue weighted by Crippen LogP contribution is 2.53. The number of aromatic nitrogens is 1. The van der Waals surface area contributed by atoms with E-state index in [0.717, 1.165) is 16.5 Å². The molecule has 2 aliphatic rings. The van der Waals surface area contributed by atoms with Gasteiger partial charge in [-0.25, -0.2) is 0 Å². The lowest BCUT2D eigenvalue weighted by molar-refractivity contribution is -0.000764. The molecule has 0 fully saturated rings. The van der Waals surface area contributed by atoms with Crippen LogP contribution in [0.1, 0.15) is 26.3 Å². The molecule has 3 aromatic rings. The number of phenols is 1. The Bertz CT molecular complexity index is 1180. The van der Waals surface area contributed by atoms with Crippen LogP contribution in [-0.2, 0) is 4.74 Å². The van der Waals surface area contributed by atoms with Crippen LogP contribution in [0.4, 0.5) is 0 Å². The molecular formula is C22H15NO4. The number of rotatable bonds is 2. The number of fused-ring (bicyclic) bond motifs is 3. The minimum Gasteiger partial charge on any atom is -0.506 e. The molecule has 0 spiro atoms. The van der Waals surface area contributed by atoms with Gasteiger partial charge in [0.2, 0.25) is 0 Å². The van der Waals surface area contributed by atoms with Gasteiger partial charge in [0.05, 0.1) is 5.92 Å². The molecule has 5 rings (SSSR count). The molecule has 0 aliphatic heterocycles. The highest BCUT2D eigenvalue weighted by atomic mass is 16.5. The molecule has 0 bridgehead atoms. The van der Waals surface area contributed by atoms with E-state index in [1.165, 1.54) is 7.11 Å². The van der Waals surface area contributed by atoms with Crippen molar-refractivity contribution in [3.05, 3.63) is 77.5 Å². The number of methoxy groups -OCH3 is 1. The Labute approximate surface area is 154 Å². The molecule has 27 heavy (non-hydrogen) atoms.